The van der Waals surface area contributed by atoms with Gasteiger partial charge in [0.05, 0.1) is 0 Å². The second kappa shape index (κ2) is 8.01. The monoisotopic (exact) mass is 328 g/mol. The molecule has 4 unspecified atom stereocenters. The molecule has 3 saturated carbocycles. The first-order chi connectivity index (χ1) is 10.1. The lowest BCUT2D eigenvalue weighted by Gasteiger charge is -2.43. The molecule has 0 aromatic carbocycles. The molecule has 0 heterocycles. The third-order valence-electron chi connectivity index (χ3n) is 6.61. The SMILES string of the molecule is CC1CCCCC1CNC(=O)C1CC2CCCC(C1)C2N.Cl. The van der Waals surface area contributed by atoms with Crippen LogP contribution in [0.3, 0.4) is 0 Å². The predicted octanol–water partition coefficient (Wildman–Crippen LogP) is 3.50. The molecule has 0 aromatic heterocycles. The average molecular weight is 329 g/mol. The van der Waals surface area contributed by atoms with Gasteiger partial charge in [-0.1, -0.05) is 32.6 Å². The number of halogens is 1. The van der Waals surface area contributed by atoms with Gasteiger partial charge in [0.1, 0.15) is 0 Å². The minimum atomic E-state index is 0. The van der Waals surface area contributed by atoms with Gasteiger partial charge < -0.3 is 11.1 Å². The summed E-state index contributed by atoms with van der Waals surface area (Å²) in [5, 5.41) is 3.28. The minimum absolute atomic E-state index is 0. The Morgan fingerprint density at radius 2 is 1.68 bits per heavy atom. The molecule has 0 aromatic rings. The van der Waals surface area contributed by atoms with E-state index in [1.807, 2.05) is 0 Å². The summed E-state index contributed by atoms with van der Waals surface area (Å²) in [6, 6.07) is 0.362. The molecule has 1 amide bonds. The van der Waals surface area contributed by atoms with Crippen LogP contribution in [0.1, 0.15) is 64.7 Å². The molecule has 128 valence electrons. The summed E-state index contributed by atoms with van der Waals surface area (Å²) in [5.74, 6) is 3.23. The molecule has 4 atom stereocenters. The first-order valence-corrected chi connectivity index (χ1v) is 9.18. The summed E-state index contributed by atoms with van der Waals surface area (Å²) >= 11 is 0. The maximum Gasteiger partial charge on any atom is 0.223 e. The van der Waals surface area contributed by atoms with Gasteiger partial charge in [0.2, 0.25) is 5.91 Å². The number of hydrogen-bond donors (Lipinski definition) is 2. The Kier molecular flexibility index (Phi) is 6.58. The number of hydrogen-bond acceptors (Lipinski definition) is 2. The van der Waals surface area contributed by atoms with Crippen molar-refractivity contribution in [1.29, 1.82) is 0 Å². The van der Waals surface area contributed by atoms with Gasteiger partial charge in [-0.25, -0.2) is 0 Å². The van der Waals surface area contributed by atoms with Gasteiger partial charge in [0, 0.05) is 18.5 Å². The molecule has 0 radical (unpaired) electrons. The van der Waals surface area contributed by atoms with E-state index in [4.69, 9.17) is 5.73 Å². The molecule has 0 spiro atoms. The van der Waals surface area contributed by atoms with Gasteiger partial charge in [-0.3, -0.25) is 4.79 Å². The summed E-state index contributed by atoms with van der Waals surface area (Å²) in [6.45, 7) is 3.25. The molecule has 3 aliphatic rings. The summed E-state index contributed by atoms with van der Waals surface area (Å²) in [5.41, 5.74) is 6.32. The van der Waals surface area contributed by atoms with Crippen molar-refractivity contribution in [3.8, 4) is 0 Å². The van der Waals surface area contributed by atoms with Crippen LogP contribution < -0.4 is 11.1 Å². The minimum Gasteiger partial charge on any atom is -0.356 e. The standard InChI is InChI=1S/C18H32N2O.ClH/c1-12-5-2-3-6-15(12)11-20-18(21)16-9-13-7-4-8-14(10-16)17(13)19;/h12-17H,2-11,19H2,1H3,(H,20,21);1H. The second-order valence-electron chi connectivity index (χ2n) is 7.96. The van der Waals surface area contributed by atoms with Crippen molar-refractivity contribution in [1.82, 2.24) is 5.32 Å². The van der Waals surface area contributed by atoms with Crippen LogP contribution >= 0.6 is 12.4 Å². The Balaban J connectivity index is 0.00000176. The Bertz CT molecular complexity index is 362. The third kappa shape index (κ3) is 3.97. The van der Waals surface area contributed by atoms with E-state index in [2.05, 4.69) is 12.2 Å². The Hall–Kier alpha value is -0.280. The topological polar surface area (TPSA) is 55.1 Å². The zero-order chi connectivity index (χ0) is 14.8. The largest absolute Gasteiger partial charge is 0.356 e. The lowest BCUT2D eigenvalue weighted by atomic mass is 9.65. The molecule has 2 bridgehead atoms. The molecule has 4 heteroatoms. The van der Waals surface area contributed by atoms with Gasteiger partial charge in [0.15, 0.2) is 0 Å². The highest BCUT2D eigenvalue weighted by atomic mass is 35.5. The summed E-state index contributed by atoms with van der Waals surface area (Å²) < 4.78 is 0. The zero-order valence-electron chi connectivity index (χ0n) is 13.9. The highest BCUT2D eigenvalue weighted by Crippen LogP contribution is 2.42. The highest BCUT2D eigenvalue weighted by Gasteiger charge is 2.40. The van der Waals surface area contributed by atoms with Crippen molar-refractivity contribution in [2.75, 3.05) is 6.54 Å². The van der Waals surface area contributed by atoms with Crippen LogP contribution in [0.4, 0.5) is 0 Å². The van der Waals surface area contributed by atoms with Crippen molar-refractivity contribution < 1.29 is 4.79 Å². The Labute approximate surface area is 141 Å². The fourth-order valence-corrected chi connectivity index (χ4v) is 5.08. The van der Waals surface area contributed by atoms with E-state index in [1.165, 1.54) is 44.9 Å². The first-order valence-electron chi connectivity index (χ1n) is 9.18. The van der Waals surface area contributed by atoms with Gasteiger partial charge in [0.25, 0.3) is 0 Å². The van der Waals surface area contributed by atoms with Gasteiger partial charge in [-0.05, 0) is 55.8 Å². The number of carbonyl (C=O) groups excluding carboxylic acids is 1. The number of carbonyl (C=O) groups is 1. The van der Waals surface area contributed by atoms with E-state index in [-0.39, 0.29) is 18.3 Å². The van der Waals surface area contributed by atoms with E-state index in [1.54, 1.807) is 0 Å². The highest BCUT2D eigenvalue weighted by molar-refractivity contribution is 5.85. The molecule has 0 saturated heterocycles. The van der Waals surface area contributed by atoms with E-state index < -0.39 is 0 Å². The smallest absolute Gasteiger partial charge is 0.223 e. The van der Waals surface area contributed by atoms with Crippen LogP contribution in [0.2, 0.25) is 0 Å². The molecular formula is C18H33ClN2O. The van der Waals surface area contributed by atoms with E-state index in [0.717, 1.165) is 25.3 Å². The van der Waals surface area contributed by atoms with Crippen molar-refractivity contribution in [2.45, 2.75) is 70.8 Å². The lowest BCUT2D eigenvalue weighted by Crippen LogP contribution is -2.49. The number of nitrogens with two attached hydrogens (primary N) is 1. The van der Waals surface area contributed by atoms with E-state index in [9.17, 15) is 4.79 Å². The normalized spacial score (nSPS) is 41.4. The lowest BCUT2D eigenvalue weighted by molar-refractivity contribution is -0.128. The second-order valence-corrected chi connectivity index (χ2v) is 7.96. The third-order valence-corrected chi connectivity index (χ3v) is 6.61. The molecule has 0 aliphatic heterocycles. The van der Waals surface area contributed by atoms with Crippen LogP contribution in [-0.2, 0) is 4.79 Å². The molecule has 3 nitrogen and oxygen atoms in total. The van der Waals surface area contributed by atoms with Crippen molar-refractivity contribution >= 4 is 18.3 Å². The summed E-state index contributed by atoms with van der Waals surface area (Å²) in [4.78, 5) is 12.5. The van der Waals surface area contributed by atoms with E-state index >= 15 is 0 Å². The first kappa shape index (κ1) is 18.1. The fourth-order valence-electron chi connectivity index (χ4n) is 5.08. The van der Waals surface area contributed by atoms with Crippen LogP contribution in [-0.4, -0.2) is 18.5 Å². The van der Waals surface area contributed by atoms with Crippen molar-refractivity contribution in [3.63, 3.8) is 0 Å². The Morgan fingerprint density at radius 3 is 2.32 bits per heavy atom. The molecule has 22 heavy (non-hydrogen) atoms. The maximum atomic E-state index is 12.5. The zero-order valence-corrected chi connectivity index (χ0v) is 14.7. The van der Waals surface area contributed by atoms with Crippen molar-refractivity contribution in [2.24, 2.45) is 35.3 Å². The maximum absolute atomic E-state index is 12.5. The van der Waals surface area contributed by atoms with Gasteiger partial charge in [-0.15, -0.1) is 12.4 Å². The average Bonchev–Trinajstić information content (AvgIpc) is 2.46. The fraction of sp³-hybridized carbons (Fsp3) is 0.944. The van der Waals surface area contributed by atoms with Crippen molar-refractivity contribution in [3.05, 3.63) is 0 Å². The number of fused-ring (bicyclic) bond motifs is 2. The van der Waals surface area contributed by atoms with Gasteiger partial charge in [-0.2, -0.15) is 0 Å². The van der Waals surface area contributed by atoms with Crippen LogP contribution in [0.25, 0.3) is 0 Å². The van der Waals surface area contributed by atoms with Crippen LogP contribution in [0.5, 0.6) is 0 Å². The molecule has 3 N–H and O–H groups in total. The van der Waals surface area contributed by atoms with Gasteiger partial charge >= 0.3 is 0 Å². The molecule has 3 rings (SSSR count). The number of amides is 1. The summed E-state index contributed by atoms with van der Waals surface area (Å²) in [7, 11) is 0. The number of nitrogens with one attached hydrogen (secondary N) is 1. The quantitative estimate of drug-likeness (QED) is 0.833. The summed E-state index contributed by atoms with van der Waals surface area (Å²) in [6.07, 6.45) is 11.2. The van der Waals surface area contributed by atoms with E-state index in [0.29, 0.717) is 29.7 Å². The van der Waals surface area contributed by atoms with Crippen LogP contribution in [0, 0.1) is 29.6 Å². The predicted molar refractivity (Wildman–Crippen MR) is 92.9 cm³/mol. The Morgan fingerprint density at radius 1 is 1.05 bits per heavy atom. The molecule has 3 aliphatic carbocycles. The molecular weight excluding hydrogens is 296 g/mol. The molecule has 3 fully saturated rings. The number of rotatable bonds is 3. The van der Waals surface area contributed by atoms with Crippen LogP contribution in [0.15, 0.2) is 0 Å².